The van der Waals surface area contributed by atoms with Gasteiger partial charge in [0, 0.05) is 5.39 Å². The number of furan rings is 1. The lowest BCUT2D eigenvalue weighted by atomic mass is 10.1. The van der Waals surface area contributed by atoms with Crippen LogP contribution in [0, 0.1) is 5.92 Å². The van der Waals surface area contributed by atoms with E-state index in [1.165, 1.54) is 19.3 Å². The Hall–Kier alpha value is -1.48. The van der Waals surface area contributed by atoms with Crippen molar-refractivity contribution >= 4 is 11.0 Å². The van der Waals surface area contributed by atoms with E-state index in [9.17, 15) is 0 Å². The molecule has 0 unspecified atom stereocenters. The number of rotatable bonds is 8. The number of para-hydroxylation sites is 1. The molecule has 0 aliphatic heterocycles. The van der Waals surface area contributed by atoms with Crippen LogP contribution in [0.15, 0.2) is 28.7 Å². The molecule has 110 valence electrons. The predicted octanol–water partition coefficient (Wildman–Crippen LogP) is 4.36. The van der Waals surface area contributed by atoms with Crippen molar-refractivity contribution in [1.29, 1.82) is 0 Å². The zero-order chi connectivity index (χ0) is 14.4. The molecule has 1 aromatic heterocycles. The third kappa shape index (κ3) is 4.01. The summed E-state index contributed by atoms with van der Waals surface area (Å²) in [6.45, 7) is 6.37. The highest BCUT2D eigenvalue weighted by Crippen LogP contribution is 2.28. The Labute approximate surface area is 121 Å². The van der Waals surface area contributed by atoms with Gasteiger partial charge in [0.1, 0.15) is 5.76 Å². The lowest BCUT2D eigenvalue weighted by Crippen LogP contribution is -2.14. The number of unbranched alkanes of at least 4 members (excludes halogenated alkanes) is 1. The van der Waals surface area contributed by atoms with Crippen LogP contribution in [0.2, 0.25) is 0 Å². The number of fused-ring (bicyclic) bond motifs is 1. The molecule has 0 saturated heterocycles. The standard InChI is InChI=1S/C17H25NO2/c1-13(2)7-4-5-10-18-12-15-11-14-8-6-9-16(19-3)17(14)20-15/h6,8-9,11,13,18H,4-5,7,10,12H2,1-3H3. The molecule has 0 spiro atoms. The van der Waals surface area contributed by atoms with Crippen molar-refractivity contribution in [3.63, 3.8) is 0 Å². The molecular formula is C17H25NO2. The quantitative estimate of drug-likeness (QED) is 0.727. The lowest BCUT2D eigenvalue weighted by molar-refractivity contribution is 0.406. The zero-order valence-electron chi connectivity index (χ0n) is 12.7. The maximum atomic E-state index is 5.85. The van der Waals surface area contributed by atoms with Gasteiger partial charge in [-0.2, -0.15) is 0 Å². The van der Waals surface area contributed by atoms with Crippen LogP contribution < -0.4 is 10.1 Å². The van der Waals surface area contributed by atoms with Gasteiger partial charge in [-0.1, -0.05) is 38.8 Å². The first-order valence-corrected chi connectivity index (χ1v) is 7.47. The van der Waals surface area contributed by atoms with Gasteiger partial charge in [0.05, 0.1) is 13.7 Å². The molecule has 1 aromatic carbocycles. The Morgan fingerprint density at radius 3 is 2.85 bits per heavy atom. The summed E-state index contributed by atoms with van der Waals surface area (Å²) in [6, 6.07) is 8.04. The largest absolute Gasteiger partial charge is 0.493 e. The monoisotopic (exact) mass is 275 g/mol. The maximum Gasteiger partial charge on any atom is 0.176 e. The second kappa shape index (κ2) is 7.34. The van der Waals surface area contributed by atoms with Gasteiger partial charge in [-0.3, -0.25) is 0 Å². The smallest absolute Gasteiger partial charge is 0.176 e. The minimum Gasteiger partial charge on any atom is -0.493 e. The number of hydrogen-bond donors (Lipinski definition) is 1. The van der Waals surface area contributed by atoms with E-state index >= 15 is 0 Å². The average molecular weight is 275 g/mol. The molecule has 2 aromatic rings. The fourth-order valence-electron chi connectivity index (χ4n) is 2.35. The van der Waals surface area contributed by atoms with Crippen molar-refractivity contribution in [3.8, 4) is 5.75 Å². The first-order chi connectivity index (χ1) is 9.70. The Bertz CT molecular complexity index is 531. The number of hydrogen-bond acceptors (Lipinski definition) is 3. The number of nitrogens with one attached hydrogen (secondary N) is 1. The van der Waals surface area contributed by atoms with Gasteiger partial charge in [-0.25, -0.2) is 0 Å². The third-order valence-electron chi connectivity index (χ3n) is 3.46. The van der Waals surface area contributed by atoms with Gasteiger partial charge in [0.25, 0.3) is 0 Å². The van der Waals surface area contributed by atoms with Crippen molar-refractivity contribution in [1.82, 2.24) is 5.32 Å². The van der Waals surface area contributed by atoms with Crippen LogP contribution in [-0.4, -0.2) is 13.7 Å². The fraction of sp³-hybridized carbons (Fsp3) is 0.529. The Kier molecular flexibility index (Phi) is 5.48. The van der Waals surface area contributed by atoms with Crippen LogP contribution in [0.5, 0.6) is 5.75 Å². The molecule has 3 nitrogen and oxygen atoms in total. The lowest BCUT2D eigenvalue weighted by Gasteiger charge is -2.05. The van der Waals surface area contributed by atoms with Gasteiger partial charge in [0.15, 0.2) is 11.3 Å². The molecule has 0 saturated carbocycles. The Balaban J connectivity index is 1.82. The zero-order valence-corrected chi connectivity index (χ0v) is 12.7. The molecule has 0 atom stereocenters. The summed E-state index contributed by atoms with van der Waals surface area (Å²) in [4.78, 5) is 0. The molecule has 2 rings (SSSR count). The molecule has 3 heteroatoms. The summed E-state index contributed by atoms with van der Waals surface area (Å²) in [5, 5.41) is 4.54. The number of benzene rings is 1. The van der Waals surface area contributed by atoms with E-state index in [2.05, 4.69) is 25.2 Å². The highest BCUT2D eigenvalue weighted by Gasteiger charge is 2.07. The molecular weight excluding hydrogens is 250 g/mol. The molecule has 0 aliphatic rings. The van der Waals surface area contributed by atoms with Crippen LogP contribution in [0.25, 0.3) is 11.0 Å². The van der Waals surface area contributed by atoms with Gasteiger partial charge in [0.2, 0.25) is 0 Å². The Morgan fingerprint density at radius 1 is 1.25 bits per heavy atom. The summed E-state index contributed by atoms with van der Waals surface area (Å²) in [5.41, 5.74) is 0.839. The second-order valence-corrected chi connectivity index (χ2v) is 5.66. The van der Waals surface area contributed by atoms with Crippen molar-refractivity contribution in [2.24, 2.45) is 5.92 Å². The second-order valence-electron chi connectivity index (χ2n) is 5.66. The van der Waals surface area contributed by atoms with E-state index in [0.29, 0.717) is 0 Å². The first kappa shape index (κ1) is 14.9. The van der Waals surface area contributed by atoms with Crippen LogP contribution in [0.3, 0.4) is 0 Å². The van der Waals surface area contributed by atoms with E-state index in [-0.39, 0.29) is 0 Å². The third-order valence-corrected chi connectivity index (χ3v) is 3.46. The van der Waals surface area contributed by atoms with E-state index in [4.69, 9.17) is 9.15 Å². The molecule has 0 radical (unpaired) electrons. The minimum atomic E-state index is 0.777. The van der Waals surface area contributed by atoms with Gasteiger partial charge in [-0.15, -0.1) is 0 Å². The van der Waals surface area contributed by atoms with Crippen LogP contribution in [0.1, 0.15) is 38.9 Å². The summed E-state index contributed by atoms with van der Waals surface area (Å²) >= 11 is 0. The summed E-state index contributed by atoms with van der Waals surface area (Å²) < 4.78 is 11.2. The van der Waals surface area contributed by atoms with E-state index in [1.807, 2.05) is 18.2 Å². The summed E-state index contributed by atoms with van der Waals surface area (Å²) in [5.74, 6) is 2.57. The van der Waals surface area contributed by atoms with Crippen LogP contribution >= 0.6 is 0 Å². The normalized spacial score (nSPS) is 11.4. The van der Waals surface area contributed by atoms with Crippen molar-refractivity contribution in [2.75, 3.05) is 13.7 Å². The Morgan fingerprint density at radius 2 is 2.10 bits per heavy atom. The molecule has 1 N–H and O–H groups in total. The fourth-order valence-corrected chi connectivity index (χ4v) is 2.35. The van der Waals surface area contributed by atoms with Crippen molar-refractivity contribution in [2.45, 2.75) is 39.7 Å². The summed E-state index contributed by atoms with van der Waals surface area (Å²) in [6.07, 6.45) is 3.82. The topological polar surface area (TPSA) is 34.4 Å². The highest BCUT2D eigenvalue weighted by atomic mass is 16.5. The molecule has 20 heavy (non-hydrogen) atoms. The summed E-state index contributed by atoms with van der Waals surface area (Å²) in [7, 11) is 1.67. The minimum absolute atomic E-state index is 0.777. The highest BCUT2D eigenvalue weighted by molar-refractivity contribution is 5.83. The van der Waals surface area contributed by atoms with Gasteiger partial charge in [-0.05, 0) is 31.0 Å². The van der Waals surface area contributed by atoms with Gasteiger partial charge < -0.3 is 14.5 Å². The number of methoxy groups -OCH3 is 1. The maximum absolute atomic E-state index is 5.85. The average Bonchev–Trinajstić information content (AvgIpc) is 2.84. The van der Waals surface area contributed by atoms with E-state index < -0.39 is 0 Å². The molecule has 0 amide bonds. The predicted molar refractivity (Wildman–Crippen MR) is 83.2 cm³/mol. The molecule has 0 aliphatic carbocycles. The molecule has 1 heterocycles. The SMILES string of the molecule is COc1cccc2cc(CNCCCCC(C)C)oc12. The van der Waals surface area contributed by atoms with Crippen LogP contribution in [0.4, 0.5) is 0 Å². The van der Waals surface area contributed by atoms with Crippen LogP contribution in [-0.2, 0) is 6.54 Å². The molecule has 0 bridgehead atoms. The van der Waals surface area contributed by atoms with E-state index in [0.717, 1.165) is 41.5 Å². The van der Waals surface area contributed by atoms with Crippen molar-refractivity contribution in [3.05, 3.63) is 30.0 Å². The van der Waals surface area contributed by atoms with Gasteiger partial charge >= 0.3 is 0 Å². The van der Waals surface area contributed by atoms with Crippen molar-refractivity contribution < 1.29 is 9.15 Å². The first-order valence-electron chi connectivity index (χ1n) is 7.47. The molecule has 0 fully saturated rings. The van der Waals surface area contributed by atoms with E-state index in [1.54, 1.807) is 7.11 Å². The number of ether oxygens (including phenoxy) is 1.